The zero-order valence-electron chi connectivity index (χ0n) is 5.57. The Hall–Kier alpha value is -0.777. The van der Waals surface area contributed by atoms with E-state index < -0.39 is 11.9 Å². The third-order valence-corrected chi connectivity index (χ3v) is 0.368. The Morgan fingerprint density at radius 1 is 0.909 bits per heavy atom. The minimum absolute atomic E-state index is 0. The van der Waals surface area contributed by atoms with Crippen LogP contribution in [0.4, 0.5) is 0 Å². The first-order valence-electron chi connectivity index (χ1n) is 1.77. The van der Waals surface area contributed by atoms with E-state index in [9.17, 15) is 9.59 Å². The van der Waals surface area contributed by atoms with Crippen molar-refractivity contribution >= 4 is 11.9 Å². The van der Waals surface area contributed by atoms with Crippen LogP contribution in [0.1, 0.15) is 0 Å². The van der Waals surface area contributed by atoms with E-state index in [4.69, 9.17) is 10.2 Å². The van der Waals surface area contributed by atoms with Crippen molar-refractivity contribution in [1.82, 2.24) is 0 Å². The Morgan fingerprint density at radius 3 is 1.18 bits per heavy atom. The van der Waals surface area contributed by atoms with Gasteiger partial charge < -0.3 is 21.2 Å². The van der Waals surface area contributed by atoms with Gasteiger partial charge in [-0.1, -0.05) is 0 Å². The molecule has 0 aromatic rings. The molecule has 0 aromatic carbocycles. The Kier molecular flexibility index (Phi) is 24.4. The molecule has 0 heterocycles. The van der Waals surface area contributed by atoms with E-state index in [1.807, 2.05) is 0 Å². The van der Waals surface area contributed by atoms with Gasteiger partial charge in [-0.25, -0.2) is 9.59 Å². The number of carboxylic acids is 2. The summed E-state index contributed by atoms with van der Waals surface area (Å²) in [5.74, 6) is -2.51. The first-order chi connectivity index (χ1) is 3.63. The molecule has 0 atom stereocenters. The van der Waals surface area contributed by atoms with E-state index in [1.54, 1.807) is 0 Å². The smallest absolute Gasteiger partial charge is 0.328 e. The average Bonchev–Trinajstić information content (AvgIpc) is 1.61. The van der Waals surface area contributed by atoms with Crippen molar-refractivity contribution in [2.45, 2.75) is 0 Å². The third kappa shape index (κ3) is 27.0. The van der Waals surface area contributed by atoms with Crippen molar-refractivity contribution in [3.63, 3.8) is 0 Å². The molecule has 0 amide bonds. The van der Waals surface area contributed by atoms with Gasteiger partial charge in [-0.05, 0) is 0 Å². The van der Waals surface area contributed by atoms with Crippen LogP contribution in [-0.4, -0.2) is 33.1 Å². The average molecular weight is 217 g/mol. The molecule has 0 aliphatic heterocycles. The number of rotatable bonds is 2. The molecule has 0 unspecified atom stereocenters. The van der Waals surface area contributed by atoms with E-state index >= 15 is 0 Å². The maximum absolute atomic E-state index is 9.55. The molecule has 62 valence electrons. The number of carbonyl (C=O) groups is 2. The maximum Gasteiger partial charge on any atom is 0.328 e. The Labute approximate surface area is 74.9 Å². The van der Waals surface area contributed by atoms with Crippen LogP contribution in [0.5, 0.6) is 0 Å². The van der Waals surface area contributed by atoms with Crippen LogP contribution >= 0.6 is 0 Å². The molecule has 0 aromatic heterocycles. The largest absolute Gasteiger partial charge is 0.478 e. The second-order valence-electron chi connectivity index (χ2n) is 1.01. The van der Waals surface area contributed by atoms with Gasteiger partial charge in [0.25, 0.3) is 0 Å². The van der Waals surface area contributed by atoms with Crippen LogP contribution < -0.4 is 0 Å². The van der Waals surface area contributed by atoms with Gasteiger partial charge >= 0.3 is 11.9 Å². The normalized spacial score (nSPS) is 6.91. The Morgan fingerprint density at radius 2 is 1.09 bits per heavy atom. The van der Waals surface area contributed by atoms with Crippen molar-refractivity contribution in [3.05, 3.63) is 12.2 Å². The first-order valence-corrected chi connectivity index (χ1v) is 1.77. The zero-order chi connectivity index (χ0) is 6.57. The van der Waals surface area contributed by atoms with Crippen molar-refractivity contribution < 1.29 is 50.2 Å². The minimum Gasteiger partial charge on any atom is -0.478 e. The topological polar surface area (TPSA) is 138 Å². The fraction of sp³-hybridized carbons (Fsp3) is 0. The van der Waals surface area contributed by atoms with Crippen molar-refractivity contribution in [1.29, 1.82) is 0 Å². The maximum atomic E-state index is 9.55. The number of hydrogen-bond acceptors (Lipinski definition) is 2. The van der Waals surface area contributed by atoms with Gasteiger partial charge in [0.1, 0.15) is 0 Å². The summed E-state index contributed by atoms with van der Waals surface area (Å²) in [6.07, 6.45) is 1.12. The van der Waals surface area contributed by atoms with Crippen molar-refractivity contribution in [3.8, 4) is 0 Å². The van der Waals surface area contributed by atoms with E-state index in [0.717, 1.165) is 0 Å². The third-order valence-electron chi connectivity index (χ3n) is 0.368. The van der Waals surface area contributed by atoms with Crippen LogP contribution in [0.2, 0.25) is 0 Å². The minimum atomic E-state index is -1.26. The van der Waals surface area contributed by atoms with E-state index in [2.05, 4.69) is 0 Å². The molecule has 0 rings (SSSR count). The Balaban J connectivity index is -0.0000000817. The number of aliphatic carboxylic acids is 2. The van der Waals surface area contributed by atoms with Gasteiger partial charge in [0.05, 0.1) is 0 Å². The Bertz CT molecular complexity index is 126. The SMILES string of the molecule is O.O.O=C(O)/C=C\C(=O)O.[Zn]. The van der Waals surface area contributed by atoms with Crippen molar-refractivity contribution in [2.24, 2.45) is 0 Å². The van der Waals surface area contributed by atoms with Gasteiger partial charge in [0, 0.05) is 31.6 Å². The molecule has 11 heavy (non-hydrogen) atoms. The standard InChI is InChI=1S/C4H4O4.2H2O.Zn/c5-3(6)1-2-4(7)8;;;/h1-2H,(H,5,6)(H,7,8);2*1H2;/b2-1-;;;. The molecule has 0 saturated carbocycles. The molecule has 0 aliphatic rings. The first kappa shape index (κ1) is 22.5. The van der Waals surface area contributed by atoms with Crippen LogP contribution in [0.25, 0.3) is 0 Å². The molecule has 0 fully saturated rings. The van der Waals surface area contributed by atoms with E-state index in [0.29, 0.717) is 12.2 Å². The van der Waals surface area contributed by atoms with E-state index in [-0.39, 0.29) is 30.4 Å². The summed E-state index contributed by atoms with van der Waals surface area (Å²) < 4.78 is 0. The fourth-order valence-electron chi connectivity index (χ4n) is 0.143. The molecule has 0 aliphatic carbocycles. The number of carboxylic acid groups (broad SMARTS) is 2. The van der Waals surface area contributed by atoms with Crippen LogP contribution in [-0.2, 0) is 29.1 Å². The number of hydrogen-bond donors (Lipinski definition) is 2. The second-order valence-corrected chi connectivity index (χ2v) is 1.01. The molecular weight excluding hydrogens is 209 g/mol. The molecule has 6 nitrogen and oxygen atoms in total. The van der Waals surface area contributed by atoms with Gasteiger partial charge in [-0.15, -0.1) is 0 Å². The predicted octanol–water partition coefficient (Wildman–Crippen LogP) is -1.94. The molecule has 0 spiro atoms. The molecular formula is C4H8O6Zn. The fourth-order valence-corrected chi connectivity index (χ4v) is 0.143. The quantitative estimate of drug-likeness (QED) is 0.410. The summed E-state index contributed by atoms with van der Waals surface area (Å²) in [5, 5.41) is 15.6. The molecule has 0 saturated heterocycles. The monoisotopic (exact) mass is 216 g/mol. The summed E-state index contributed by atoms with van der Waals surface area (Å²) in [6.45, 7) is 0. The van der Waals surface area contributed by atoms with Gasteiger partial charge in [0.2, 0.25) is 0 Å². The molecule has 7 heteroatoms. The van der Waals surface area contributed by atoms with Gasteiger partial charge in [-0.2, -0.15) is 0 Å². The van der Waals surface area contributed by atoms with Crippen molar-refractivity contribution in [2.75, 3.05) is 0 Å². The van der Waals surface area contributed by atoms with E-state index in [1.165, 1.54) is 0 Å². The summed E-state index contributed by atoms with van der Waals surface area (Å²) in [6, 6.07) is 0. The summed E-state index contributed by atoms with van der Waals surface area (Å²) >= 11 is 0. The van der Waals surface area contributed by atoms with Crippen LogP contribution in [0.15, 0.2) is 12.2 Å². The van der Waals surface area contributed by atoms with Crippen LogP contribution in [0, 0.1) is 0 Å². The predicted molar refractivity (Wildman–Crippen MR) is 31.6 cm³/mol. The molecule has 0 bridgehead atoms. The van der Waals surface area contributed by atoms with Gasteiger partial charge in [0.15, 0.2) is 0 Å². The molecule has 0 radical (unpaired) electrons. The zero-order valence-corrected chi connectivity index (χ0v) is 8.54. The summed E-state index contributed by atoms with van der Waals surface area (Å²) in [5.41, 5.74) is 0. The molecule has 6 N–H and O–H groups in total. The van der Waals surface area contributed by atoms with Gasteiger partial charge in [-0.3, -0.25) is 0 Å². The van der Waals surface area contributed by atoms with Crippen LogP contribution in [0.3, 0.4) is 0 Å². The summed E-state index contributed by atoms with van der Waals surface area (Å²) in [4.78, 5) is 19.1. The summed E-state index contributed by atoms with van der Waals surface area (Å²) in [7, 11) is 0. The second kappa shape index (κ2) is 12.0.